The zero-order valence-corrected chi connectivity index (χ0v) is 10.7. The first-order valence-corrected chi connectivity index (χ1v) is 5.86. The molecule has 1 aliphatic heterocycles. The van der Waals surface area contributed by atoms with Gasteiger partial charge in [-0.2, -0.15) is 0 Å². The van der Waals surface area contributed by atoms with E-state index in [0.717, 1.165) is 0 Å². The number of carbonyl (C=O) groups is 1. The van der Waals surface area contributed by atoms with Crippen molar-refractivity contribution in [2.75, 3.05) is 13.1 Å². The lowest BCUT2D eigenvalue weighted by Crippen LogP contribution is -2.48. The van der Waals surface area contributed by atoms with E-state index in [2.05, 4.69) is 5.16 Å². The van der Waals surface area contributed by atoms with Crippen molar-refractivity contribution in [3.05, 3.63) is 17.0 Å². The van der Waals surface area contributed by atoms with Crippen molar-refractivity contribution in [3.63, 3.8) is 0 Å². The minimum Gasteiger partial charge on any atom is -0.372 e. The number of carbonyl (C=O) groups excluding carboxylic acids is 1. The van der Waals surface area contributed by atoms with E-state index < -0.39 is 0 Å². The van der Waals surface area contributed by atoms with Crippen molar-refractivity contribution in [1.82, 2.24) is 10.1 Å². The van der Waals surface area contributed by atoms with E-state index in [9.17, 15) is 4.79 Å². The summed E-state index contributed by atoms with van der Waals surface area (Å²) in [6.45, 7) is 8.74. The molecule has 0 aromatic carbocycles. The summed E-state index contributed by atoms with van der Waals surface area (Å²) in [5.41, 5.74) is 1.24. The highest BCUT2D eigenvalue weighted by atomic mass is 16.5. The second kappa shape index (κ2) is 4.49. The number of hydrogen-bond acceptors (Lipinski definition) is 4. The average molecular weight is 238 g/mol. The molecule has 2 rings (SSSR count). The molecule has 0 radical (unpaired) electrons. The van der Waals surface area contributed by atoms with Gasteiger partial charge < -0.3 is 14.2 Å². The summed E-state index contributed by atoms with van der Waals surface area (Å²) in [5.74, 6) is 0.572. The van der Waals surface area contributed by atoms with E-state index >= 15 is 0 Å². The highest BCUT2D eigenvalue weighted by Gasteiger charge is 2.29. The molecule has 2 atom stereocenters. The number of aromatic nitrogens is 1. The summed E-state index contributed by atoms with van der Waals surface area (Å²) in [4.78, 5) is 14.2. The maximum absolute atomic E-state index is 12.4. The smallest absolute Gasteiger partial charge is 0.259 e. The Kier molecular flexibility index (Phi) is 3.19. The molecule has 0 spiro atoms. The summed E-state index contributed by atoms with van der Waals surface area (Å²) in [7, 11) is 0. The van der Waals surface area contributed by atoms with Crippen LogP contribution in [0.3, 0.4) is 0 Å². The maximum atomic E-state index is 12.4. The van der Waals surface area contributed by atoms with Crippen LogP contribution in [0.15, 0.2) is 4.52 Å². The van der Waals surface area contributed by atoms with Gasteiger partial charge in [-0.05, 0) is 27.7 Å². The Bertz CT molecular complexity index is 398. The molecular weight excluding hydrogens is 220 g/mol. The third kappa shape index (κ3) is 2.34. The third-order valence-electron chi connectivity index (χ3n) is 2.95. The molecule has 1 amide bonds. The second-order valence-corrected chi connectivity index (χ2v) is 4.67. The van der Waals surface area contributed by atoms with Crippen molar-refractivity contribution in [2.24, 2.45) is 0 Å². The average Bonchev–Trinajstić information content (AvgIpc) is 2.56. The van der Waals surface area contributed by atoms with Crippen molar-refractivity contribution >= 4 is 5.91 Å². The fraction of sp³-hybridized carbons (Fsp3) is 0.667. The predicted octanol–water partition coefficient (Wildman–Crippen LogP) is 1.54. The Balaban J connectivity index is 2.20. The molecule has 0 unspecified atom stereocenters. The van der Waals surface area contributed by atoms with Crippen LogP contribution in [0.1, 0.15) is 35.7 Å². The molecular formula is C12H18N2O3. The summed E-state index contributed by atoms with van der Waals surface area (Å²) in [6.07, 6.45) is 0.145. The van der Waals surface area contributed by atoms with Gasteiger partial charge >= 0.3 is 0 Å². The molecule has 1 fully saturated rings. The van der Waals surface area contributed by atoms with Crippen LogP contribution in [0.5, 0.6) is 0 Å². The monoisotopic (exact) mass is 238 g/mol. The van der Waals surface area contributed by atoms with Crippen molar-refractivity contribution < 1.29 is 14.1 Å². The summed E-state index contributed by atoms with van der Waals surface area (Å²) in [5, 5.41) is 3.82. The number of aryl methyl sites for hydroxylation is 2. The Morgan fingerprint density at radius 2 is 1.88 bits per heavy atom. The fourth-order valence-electron chi connectivity index (χ4n) is 2.29. The van der Waals surface area contributed by atoms with Crippen LogP contribution in [0.25, 0.3) is 0 Å². The van der Waals surface area contributed by atoms with Gasteiger partial charge in [0.15, 0.2) is 0 Å². The topological polar surface area (TPSA) is 55.6 Å². The zero-order valence-electron chi connectivity index (χ0n) is 10.7. The number of nitrogens with zero attached hydrogens (tertiary/aromatic N) is 2. The van der Waals surface area contributed by atoms with E-state index in [-0.39, 0.29) is 18.1 Å². The molecule has 1 saturated heterocycles. The van der Waals surface area contributed by atoms with Crippen molar-refractivity contribution in [3.8, 4) is 0 Å². The Morgan fingerprint density at radius 1 is 1.29 bits per heavy atom. The summed E-state index contributed by atoms with van der Waals surface area (Å²) in [6, 6.07) is 0. The Labute approximate surface area is 101 Å². The molecule has 17 heavy (non-hydrogen) atoms. The van der Waals surface area contributed by atoms with Gasteiger partial charge in [0, 0.05) is 13.1 Å². The molecule has 0 bridgehead atoms. The SMILES string of the molecule is Cc1noc(C)c1C(=O)N1C[C@@H](C)O[C@@H](C)C1. The first kappa shape index (κ1) is 12.1. The quantitative estimate of drug-likeness (QED) is 0.744. The van der Waals surface area contributed by atoms with E-state index in [0.29, 0.717) is 30.1 Å². The first-order chi connectivity index (χ1) is 7.99. The molecule has 0 aliphatic carbocycles. The van der Waals surface area contributed by atoms with E-state index in [1.165, 1.54) is 0 Å². The van der Waals surface area contributed by atoms with Gasteiger partial charge in [-0.25, -0.2) is 0 Å². The number of amides is 1. The predicted molar refractivity (Wildman–Crippen MR) is 61.9 cm³/mol. The van der Waals surface area contributed by atoms with Gasteiger partial charge in [0.1, 0.15) is 11.3 Å². The standard InChI is InChI=1S/C12H18N2O3/c1-7-5-14(6-8(2)16-7)12(15)11-9(3)13-17-10(11)4/h7-8H,5-6H2,1-4H3/t7-,8+. The lowest BCUT2D eigenvalue weighted by Gasteiger charge is -2.35. The van der Waals surface area contributed by atoms with Gasteiger partial charge in [0.25, 0.3) is 5.91 Å². The minimum atomic E-state index is -0.0109. The molecule has 0 N–H and O–H groups in total. The molecule has 2 heterocycles. The van der Waals surface area contributed by atoms with Crippen LogP contribution in [0.2, 0.25) is 0 Å². The largest absolute Gasteiger partial charge is 0.372 e. The number of morpholine rings is 1. The van der Waals surface area contributed by atoms with Crippen LogP contribution in [0.4, 0.5) is 0 Å². The molecule has 5 heteroatoms. The minimum absolute atomic E-state index is 0.0109. The molecule has 0 saturated carbocycles. The van der Waals surface area contributed by atoms with E-state index in [1.54, 1.807) is 13.8 Å². The number of ether oxygens (including phenoxy) is 1. The Hall–Kier alpha value is -1.36. The maximum Gasteiger partial charge on any atom is 0.259 e. The molecule has 1 aliphatic rings. The molecule has 94 valence electrons. The van der Waals surface area contributed by atoms with Crippen LogP contribution in [0, 0.1) is 13.8 Å². The number of hydrogen-bond donors (Lipinski definition) is 0. The van der Waals surface area contributed by atoms with E-state index in [4.69, 9.17) is 9.26 Å². The molecule has 5 nitrogen and oxygen atoms in total. The van der Waals surface area contributed by atoms with Gasteiger partial charge in [-0.3, -0.25) is 4.79 Å². The Morgan fingerprint density at radius 3 is 2.35 bits per heavy atom. The van der Waals surface area contributed by atoms with Crippen LogP contribution in [-0.2, 0) is 4.74 Å². The van der Waals surface area contributed by atoms with Crippen molar-refractivity contribution in [1.29, 1.82) is 0 Å². The van der Waals surface area contributed by atoms with Gasteiger partial charge in [-0.1, -0.05) is 5.16 Å². The highest BCUT2D eigenvalue weighted by Crippen LogP contribution is 2.18. The molecule has 1 aromatic heterocycles. The summed E-state index contributed by atoms with van der Waals surface area (Å²) >= 11 is 0. The normalized spacial score (nSPS) is 25.1. The van der Waals surface area contributed by atoms with Gasteiger partial charge in [0.05, 0.1) is 17.9 Å². The second-order valence-electron chi connectivity index (χ2n) is 4.67. The van der Waals surface area contributed by atoms with Gasteiger partial charge in [0.2, 0.25) is 0 Å². The first-order valence-electron chi connectivity index (χ1n) is 5.86. The lowest BCUT2D eigenvalue weighted by molar-refractivity contribution is -0.0586. The van der Waals surface area contributed by atoms with Gasteiger partial charge in [-0.15, -0.1) is 0 Å². The van der Waals surface area contributed by atoms with Crippen molar-refractivity contribution in [2.45, 2.75) is 39.9 Å². The molecule has 1 aromatic rings. The third-order valence-corrected chi connectivity index (χ3v) is 2.95. The number of rotatable bonds is 1. The highest BCUT2D eigenvalue weighted by molar-refractivity contribution is 5.96. The zero-order chi connectivity index (χ0) is 12.6. The fourth-order valence-corrected chi connectivity index (χ4v) is 2.29. The van der Waals surface area contributed by atoms with Crippen LogP contribution in [-0.4, -0.2) is 41.3 Å². The summed E-state index contributed by atoms with van der Waals surface area (Å²) < 4.78 is 10.6. The van der Waals surface area contributed by atoms with Crippen LogP contribution >= 0.6 is 0 Å². The lowest BCUT2D eigenvalue weighted by atomic mass is 10.1. The van der Waals surface area contributed by atoms with E-state index in [1.807, 2.05) is 18.7 Å². The van der Waals surface area contributed by atoms with Crippen LogP contribution < -0.4 is 0 Å².